The van der Waals surface area contributed by atoms with Gasteiger partial charge < -0.3 is 19.7 Å². The fraction of sp³-hybridized carbons (Fsp3) is 0.682. The predicted octanol–water partition coefficient (Wildman–Crippen LogP) is 2.87. The molecule has 2 aliphatic rings. The van der Waals surface area contributed by atoms with Crippen LogP contribution in [0.5, 0.6) is 0 Å². The molecule has 0 saturated carbocycles. The van der Waals surface area contributed by atoms with E-state index in [0.717, 1.165) is 96.1 Å². The van der Waals surface area contributed by atoms with Crippen LogP contribution >= 0.6 is 11.6 Å². The molecule has 2 aliphatic heterocycles. The summed E-state index contributed by atoms with van der Waals surface area (Å²) in [7, 11) is 0. The summed E-state index contributed by atoms with van der Waals surface area (Å²) in [4.78, 5) is 9.68. The molecule has 2 saturated heterocycles. The van der Waals surface area contributed by atoms with Gasteiger partial charge in [-0.05, 0) is 37.5 Å². The van der Waals surface area contributed by atoms with E-state index >= 15 is 0 Å². The third-order valence-electron chi connectivity index (χ3n) is 5.41. The number of hydrogen-bond acceptors (Lipinski definition) is 4. The Hall–Kier alpha value is -1.34. The summed E-state index contributed by atoms with van der Waals surface area (Å²) in [5.41, 5.74) is 1.31. The zero-order valence-corrected chi connectivity index (χ0v) is 18.4. The third kappa shape index (κ3) is 7.78. The summed E-state index contributed by atoms with van der Waals surface area (Å²) in [6, 6.07) is 8.16. The third-order valence-corrected chi connectivity index (χ3v) is 5.66. The lowest BCUT2D eigenvalue weighted by atomic mass is 10.1. The van der Waals surface area contributed by atoms with E-state index in [4.69, 9.17) is 26.1 Å². The minimum absolute atomic E-state index is 0.583. The molecule has 6 nitrogen and oxygen atoms in total. The number of piperazine rings is 1. The highest BCUT2D eigenvalue weighted by molar-refractivity contribution is 6.30. The minimum Gasteiger partial charge on any atom is -0.381 e. The first-order valence-electron chi connectivity index (χ1n) is 10.9. The van der Waals surface area contributed by atoms with Gasteiger partial charge in [0, 0.05) is 70.0 Å². The van der Waals surface area contributed by atoms with Crippen LogP contribution in [0, 0.1) is 5.92 Å². The maximum atomic E-state index is 5.98. The van der Waals surface area contributed by atoms with E-state index in [2.05, 4.69) is 34.2 Å². The number of ether oxygens (including phenoxy) is 2. The van der Waals surface area contributed by atoms with Crippen LogP contribution in [0.2, 0.25) is 5.02 Å². The lowest BCUT2D eigenvalue weighted by Crippen LogP contribution is -2.52. The fourth-order valence-corrected chi connectivity index (χ4v) is 3.83. The van der Waals surface area contributed by atoms with Gasteiger partial charge in [-0.3, -0.25) is 9.89 Å². The molecule has 7 heteroatoms. The number of nitrogens with zero attached hydrogens (tertiary/aromatic N) is 3. The van der Waals surface area contributed by atoms with Crippen molar-refractivity contribution in [1.82, 2.24) is 15.1 Å². The topological polar surface area (TPSA) is 49.3 Å². The number of hydrogen-bond donors (Lipinski definition) is 1. The van der Waals surface area contributed by atoms with Gasteiger partial charge in [-0.15, -0.1) is 0 Å². The molecule has 1 aromatic carbocycles. The van der Waals surface area contributed by atoms with Gasteiger partial charge in [-0.25, -0.2) is 0 Å². The average Bonchev–Trinajstić information content (AvgIpc) is 3.26. The van der Waals surface area contributed by atoms with Crippen molar-refractivity contribution in [3.63, 3.8) is 0 Å². The molecule has 1 aromatic rings. The Morgan fingerprint density at radius 2 is 2.03 bits per heavy atom. The SMILES string of the molecule is CCNC(=NCCCOCC1CCOC1)N1CCN(Cc2ccc(Cl)cc2)CC1. The molecule has 2 heterocycles. The van der Waals surface area contributed by atoms with E-state index in [-0.39, 0.29) is 0 Å². The highest BCUT2D eigenvalue weighted by Crippen LogP contribution is 2.14. The zero-order chi connectivity index (χ0) is 20.3. The van der Waals surface area contributed by atoms with Gasteiger partial charge in [0.2, 0.25) is 0 Å². The molecule has 162 valence electrons. The number of benzene rings is 1. The quantitative estimate of drug-likeness (QED) is 0.376. The van der Waals surface area contributed by atoms with Gasteiger partial charge in [0.05, 0.1) is 13.2 Å². The van der Waals surface area contributed by atoms with Crippen LogP contribution in [-0.4, -0.2) is 81.5 Å². The van der Waals surface area contributed by atoms with Crippen molar-refractivity contribution < 1.29 is 9.47 Å². The van der Waals surface area contributed by atoms with Crippen molar-refractivity contribution in [2.45, 2.75) is 26.3 Å². The van der Waals surface area contributed by atoms with E-state index < -0.39 is 0 Å². The summed E-state index contributed by atoms with van der Waals surface area (Å²) < 4.78 is 11.2. The zero-order valence-electron chi connectivity index (χ0n) is 17.6. The monoisotopic (exact) mass is 422 g/mol. The van der Waals surface area contributed by atoms with Crippen LogP contribution in [0.25, 0.3) is 0 Å². The molecule has 0 radical (unpaired) electrons. The Bertz CT molecular complexity index is 612. The molecule has 2 fully saturated rings. The molecule has 3 rings (SSSR count). The second kappa shape index (κ2) is 12.4. The lowest BCUT2D eigenvalue weighted by Gasteiger charge is -2.36. The largest absolute Gasteiger partial charge is 0.381 e. The van der Waals surface area contributed by atoms with Gasteiger partial charge in [0.1, 0.15) is 0 Å². The Morgan fingerprint density at radius 1 is 1.24 bits per heavy atom. The van der Waals surface area contributed by atoms with Crippen molar-refractivity contribution in [2.75, 3.05) is 65.7 Å². The van der Waals surface area contributed by atoms with Crippen LogP contribution in [0.15, 0.2) is 29.3 Å². The Balaban J connectivity index is 1.36. The smallest absolute Gasteiger partial charge is 0.194 e. The van der Waals surface area contributed by atoms with Crippen molar-refractivity contribution in [1.29, 1.82) is 0 Å². The first-order valence-corrected chi connectivity index (χ1v) is 11.3. The molecule has 0 amide bonds. The fourth-order valence-electron chi connectivity index (χ4n) is 3.71. The standard InChI is InChI=1S/C22H35ClN4O2/c1-2-24-22(25-9-3-14-28-17-20-8-15-29-18-20)27-12-10-26(11-13-27)16-19-4-6-21(23)7-5-19/h4-7,20H,2-3,8-18H2,1H3,(H,24,25). The summed E-state index contributed by atoms with van der Waals surface area (Å²) in [6.07, 6.45) is 2.09. The summed E-state index contributed by atoms with van der Waals surface area (Å²) in [5, 5.41) is 4.24. The molecule has 0 spiro atoms. The maximum Gasteiger partial charge on any atom is 0.194 e. The average molecular weight is 423 g/mol. The molecule has 1 unspecified atom stereocenters. The molecule has 1 N–H and O–H groups in total. The van der Waals surface area contributed by atoms with Crippen molar-refractivity contribution in [2.24, 2.45) is 10.9 Å². The highest BCUT2D eigenvalue weighted by Gasteiger charge is 2.19. The molecular weight excluding hydrogens is 388 g/mol. The van der Waals surface area contributed by atoms with Crippen LogP contribution in [0.4, 0.5) is 0 Å². The van der Waals surface area contributed by atoms with Gasteiger partial charge in [-0.2, -0.15) is 0 Å². The van der Waals surface area contributed by atoms with Crippen LogP contribution < -0.4 is 5.32 Å². The van der Waals surface area contributed by atoms with E-state index in [0.29, 0.717) is 5.92 Å². The van der Waals surface area contributed by atoms with Gasteiger partial charge in [-0.1, -0.05) is 23.7 Å². The van der Waals surface area contributed by atoms with E-state index in [9.17, 15) is 0 Å². The molecular formula is C22H35ClN4O2. The Labute approximate surface area is 180 Å². The maximum absolute atomic E-state index is 5.98. The molecule has 0 aliphatic carbocycles. The first-order chi connectivity index (χ1) is 14.2. The Morgan fingerprint density at radius 3 is 2.72 bits per heavy atom. The molecule has 0 bridgehead atoms. The highest BCUT2D eigenvalue weighted by atomic mass is 35.5. The number of nitrogens with one attached hydrogen (secondary N) is 1. The molecule has 1 atom stereocenters. The van der Waals surface area contributed by atoms with Crippen LogP contribution in [-0.2, 0) is 16.0 Å². The second-order valence-corrected chi connectivity index (χ2v) is 8.22. The van der Waals surface area contributed by atoms with Crippen molar-refractivity contribution in [3.05, 3.63) is 34.9 Å². The van der Waals surface area contributed by atoms with Crippen LogP contribution in [0.1, 0.15) is 25.3 Å². The molecule has 0 aromatic heterocycles. The summed E-state index contributed by atoms with van der Waals surface area (Å²) >= 11 is 5.98. The number of aliphatic imine (C=N–C) groups is 1. The van der Waals surface area contributed by atoms with Gasteiger partial charge in [0.15, 0.2) is 5.96 Å². The summed E-state index contributed by atoms with van der Waals surface area (Å²) in [6.45, 7) is 12.2. The number of rotatable bonds is 9. The Kier molecular flexibility index (Phi) is 9.54. The van der Waals surface area contributed by atoms with Crippen molar-refractivity contribution in [3.8, 4) is 0 Å². The van der Waals surface area contributed by atoms with Crippen LogP contribution in [0.3, 0.4) is 0 Å². The first kappa shape index (κ1) is 22.3. The predicted molar refractivity (Wildman–Crippen MR) is 119 cm³/mol. The molecule has 29 heavy (non-hydrogen) atoms. The normalized spacial score (nSPS) is 21.0. The van der Waals surface area contributed by atoms with E-state index in [1.54, 1.807) is 0 Å². The van der Waals surface area contributed by atoms with E-state index in [1.165, 1.54) is 5.56 Å². The number of guanidine groups is 1. The second-order valence-electron chi connectivity index (χ2n) is 7.78. The minimum atomic E-state index is 0.583. The lowest BCUT2D eigenvalue weighted by molar-refractivity contribution is 0.0892. The van der Waals surface area contributed by atoms with Gasteiger partial charge >= 0.3 is 0 Å². The van der Waals surface area contributed by atoms with E-state index in [1.807, 2.05) is 12.1 Å². The number of halogens is 1. The van der Waals surface area contributed by atoms with Crippen molar-refractivity contribution >= 4 is 17.6 Å². The van der Waals surface area contributed by atoms with Gasteiger partial charge in [0.25, 0.3) is 0 Å². The summed E-state index contributed by atoms with van der Waals surface area (Å²) in [5.74, 6) is 1.61.